The first kappa shape index (κ1) is 14.8. The number of rotatable bonds is 4. The largest absolute Gasteiger partial charge is 0.352 e. The van der Waals surface area contributed by atoms with E-state index in [-0.39, 0.29) is 11.8 Å². The molecular formula is C13H25N3O2. The number of amides is 3. The lowest BCUT2D eigenvalue weighted by Crippen LogP contribution is -2.53. The molecule has 0 aliphatic carbocycles. The predicted molar refractivity (Wildman–Crippen MR) is 71.0 cm³/mol. The van der Waals surface area contributed by atoms with Crippen LogP contribution in [0.25, 0.3) is 0 Å². The summed E-state index contributed by atoms with van der Waals surface area (Å²) < 4.78 is 0. The van der Waals surface area contributed by atoms with E-state index in [0.29, 0.717) is 0 Å². The maximum absolute atomic E-state index is 12.4. The van der Waals surface area contributed by atoms with Crippen molar-refractivity contribution < 1.29 is 9.59 Å². The van der Waals surface area contributed by atoms with Crippen LogP contribution < -0.4 is 11.1 Å². The van der Waals surface area contributed by atoms with Crippen molar-refractivity contribution >= 4 is 11.9 Å². The van der Waals surface area contributed by atoms with E-state index in [4.69, 9.17) is 5.73 Å². The third kappa shape index (κ3) is 4.20. The predicted octanol–water partition coefficient (Wildman–Crippen LogP) is 1.47. The van der Waals surface area contributed by atoms with Crippen molar-refractivity contribution in [3.63, 3.8) is 0 Å². The Labute approximate surface area is 109 Å². The van der Waals surface area contributed by atoms with Gasteiger partial charge < -0.3 is 16.0 Å². The molecule has 1 aliphatic rings. The standard InChI is InChI=1S/C13H25N3O2/c1-3-10(2)11(15-13(14)18)12(17)16-8-6-4-5-7-9-16/h10-11H,3-9H2,1-2H3,(H3,14,15,18)/t10-,11+/m0/s1. The van der Waals surface area contributed by atoms with Gasteiger partial charge in [-0.05, 0) is 18.8 Å². The molecule has 18 heavy (non-hydrogen) atoms. The van der Waals surface area contributed by atoms with Crippen molar-refractivity contribution in [2.45, 2.75) is 52.0 Å². The van der Waals surface area contributed by atoms with E-state index in [0.717, 1.165) is 32.4 Å². The summed E-state index contributed by atoms with van der Waals surface area (Å²) in [7, 11) is 0. The van der Waals surface area contributed by atoms with Gasteiger partial charge in [0.25, 0.3) is 0 Å². The molecule has 0 radical (unpaired) electrons. The lowest BCUT2D eigenvalue weighted by Gasteiger charge is -2.29. The molecule has 0 aromatic carbocycles. The summed E-state index contributed by atoms with van der Waals surface area (Å²) in [5, 5.41) is 2.60. The monoisotopic (exact) mass is 255 g/mol. The van der Waals surface area contributed by atoms with Crippen LogP contribution in [0.2, 0.25) is 0 Å². The average molecular weight is 255 g/mol. The van der Waals surface area contributed by atoms with Crippen molar-refractivity contribution in [2.24, 2.45) is 11.7 Å². The zero-order chi connectivity index (χ0) is 13.5. The van der Waals surface area contributed by atoms with Crippen molar-refractivity contribution in [3.05, 3.63) is 0 Å². The number of urea groups is 1. The molecule has 0 bridgehead atoms. The Morgan fingerprint density at radius 3 is 2.22 bits per heavy atom. The van der Waals surface area contributed by atoms with Gasteiger partial charge in [-0.25, -0.2) is 4.79 Å². The number of hydrogen-bond donors (Lipinski definition) is 2. The highest BCUT2D eigenvalue weighted by molar-refractivity contribution is 5.86. The molecule has 0 spiro atoms. The summed E-state index contributed by atoms with van der Waals surface area (Å²) in [6, 6.07) is -1.10. The molecule has 1 aliphatic heterocycles. The maximum atomic E-state index is 12.4. The number of likely N-dealkylation sites (tertiary alicyclic amines) is 1. The second kappa shape index (κ2) is 7.24. The van der Waals surface area contributed by atoms with Gasteiger partial charge >= 0.3 is 6.03 Å². The Morgan fingerprint density at radius 2 is 1.78 bits per heavy atom. The number of nitrogens with zero attached hydrogens (tertiary/aromatic N) is 1. The van der Waals surface area contributed by atoms with Crippen LogP contribution in [-0.4, -0.2) is 36.0 Å². The summed E-state index contributed by atoms with van der Waals surface area (Å²) in [5.74, 6) is 0.123. The quantitative estimate of drug-likeness (QED) is 0.798. The SMILES string of the molecule is CC[C@H](C)[C@@H](NC(N)=O)C(=O)N1CCCCCC1. The molecule has 0 unspecified atom stereocenters. The third-order valence-corrected chi connectivity index (χ3v) is 3.69. The zero-order valence-electron chi connectivity index (χ0n) is 11.4. The van der Waals surface area contributed by atoms with E-state index < -0.39 is 12.1 Å². The highest BCUT2D eigenvalue weighted by Crippen LogP contribution is 2.15. The van der Waals surface area contributed by atoms with Gasteiger partial charge in [-0.2, -0.15) is 0 Å². The summed E-state index contributed by atoms with van der Waals surface area (Å²) in [4.78, 5) is 25.3. The van der Waals surface area contributed by atoms with Gasteiger partial charge in [0.2, 0.25) is 5.91 Å². The number of primary amides is 1. The Hall–Kier alpha value is -1.26. The number of hydrogen-bond acceptors (Lipinski definition) is 2. The smallest absolute Gasteiger partial charge is 0.312 e. The number of nitrogens with one attached hydrogen (secondary N) is 1. The summed E-state index contributed by atoms with van der Waals surface area (Å²) in [5.41, 5.74) is 5.16. The first-order chi connectivity index (χ1) is 8.56. The molecule has 0 aromatic rings. The minimum absolute atomic E-state index is 0.0186. The Kier molecular flexibility index (Phi) is 5.95. The molecule has 0 aromatic heterocycles. The first-order valence-corrected chi connectivity index (χ1v) is 6.91. The van der Waals surface area contributed by atoms with Crippen molar-refractivity contribution in [1.82, 2.24) is 10.2 Å². The normalized spacial score (nSPS) is 19.8. The molecule has 1 rings (SSSR count). The molecule has 5 heteroatoms. The highest BCUT2D eigenvalue weighted by Gasteiger charge is 2.29. The highest BCUT2D eigenvalue weighted by atomic mass is 16.2. The van der Waals surface area contributed by atoms with Gasteiger partial charge in [0, 0.05) is 13.1 Å². The average Bonchev–Trinajstić information content (AvgIpc) is 2.62. The van der Waals surface area contributed by atoms with Gasteiger partial charge in [-0.1, -0.05) is 33.1 Å². The van der Waals surface area contributed by atoms with Gasteiger partial charge in [0.1, 0.15) is 6.04 Å². The maximum Gasteiger partial charge on any atom is 0.312 e. The molecule has 1 fully saturated rings. The van der Waals surface area contributed by atoms with Crippen LogP contribution in [0.3, 0.4) is 0 Å². The van der Waals surface area contributed by atoms with E-state index >= 15 is 0 Å². The topological polar surface area (TPSA) is 75.4 Å². The molecule has 3 N–H and O–H groups in total. The van der Waals surface area contributed by atoms with Crippen LogP contribution in [0.4, 0.5) is 4.79 Å². The molecule has 104 valence electrons. The number of carbonyl (C=O) groups is 2. The molecule has 1 heterocycles. The molecule has 1 saturated heterocycles. The van der Waals surface area contributed by atoms with Crippen LogP contribution in [-0.2, 0) is 4.79 Å². The van der Waals surface area contributed by atoms with Crippen LogP contribution in [0.15, 0.2) is 0 Å². The van der Waals surface area contributed by atoms with E-state index in [2.05, 4.69) is 5.32 Å². The Balaban J connectivity index is 2.69. The molecular weight excluding hydrogens is 230 g/mol. The lowest BCUT2D eigenvalue weighted by molar-refractivity contribution is -0.134. The van der Waals surface area contributed by atoms with Crippen molar-refractivity contribution in [2.75, 3.05) is 13.1 Å². The second-order valence-electron chi connectivity index (χ2n) is 5.11. The minimum Gasteiger partial charge on any atom is -0.352 e. The van der Waals surface area contributed by atoms with Gasteiger partial charge in [-0.15, -0.1) is 0 Å². The lowest BCUT2D eigenvalue weighted by atomic mass is 9.98. The molecule has 5 nitrogen and oxygen atoms in total. The van der Waals surface area contributed by atoms with Crippen molar-refractivity contribution in [3.8, 4) is 0 Å². The zero-order valence-corrected chi connectivity index (χ0v) is 11.4. The van der Waals surface area contributed by atoms with Crippen LogP contribution in [0.5, 0.6) is 0 Å². The van der Waals surface area contributed by atoms with Crippen LogP contribution in [0, 0.1) is 5.92 Å². The van der Waals surface area contributed by atoms with Crippen molar-refractivity contribution in [1.29, 1.82) is 0 Å². The fraction of sp³-hybridized carbons (Fsp3) is 0.846. The van der Waals surface area contributed by atoms with E-state index in [1.165, 1.54) is 12.8 Å². The van der Waals surface area contributed by atoms with Gasteiger partial charge in [-0.3, -0.25) is 4.79 Å². The van der Waals surface area contributed by atoms with Crippen LogP contribution in [0.1, 0.15) is 46.0 Å². The van der Waals surface area contributed by atoms with Gasteiger partial charge in [0.05, 0.1) is 0 Å². The first-order valence-electron chi connectivity index (χ1n) is 6.91. The third-order valence-electron chi connectivity index (χ3n) is 3.69. The molecule has 2 atom stereocenters. The Bertz CT molecular complexity index is 286. The second-order valence-corrected chi connectivity index (χ2v) is 5.11. The van der Waals surface area contributed by atoms with E-state index in [1.807, 2.05) is 18.7 Å². The summed E-state index contributed by atoms with van der Waals surface area (Å²) in [6.07, 6.45) is 5.30. The molecule has 0 saturated carbocycles. The van der Waals surface area contributed by atoms with E-state index in [1.54, 1.807) is 0 Å². The fourth-order valence-electron chi connectivity index (χ4n) is 2.32. The van der Waals surface area contributed by atoms with Gasteiger partial charge in [0.15, 0.2) is 0 Å². The minimum atomic E-state index is -0.622. The summed E-state index contributed by atoms with van der Waals surface area (Å²) in [6.45, 7) is 5.57. The molecule has 3 amide bonds. The number of carbonyl (C=O) groups excluding carboxylic acids is 2. The number of nitrogens with two attached hydrogens (primary N) is 1. The Morgan fingerprint density at radius 1 is 1.22 bits per heavy atom. The van der Waals surface area contributed by atoms with Crippen LogP contribution >= 0.6 is 0 Å². The van der Waals surface area contributed by atoms with E-state index in [9.17, 15) is 9.59 Å². The fourth-order valence-corrected chi connectivity index (χ4v) is 2.32. The summed E-state index contributed by atoms with van der Waals surface area (Å²) >= 11 is 0.